The van der Waals surface area contributed by atoms with Crippen molar-refractivity contribution >= 4 is 22.9 Å². The second-order valence-electron chi connectivity index (χ2n) is 8.15. The van der Waals surface area contributed by atoms with E-state index in [9.17, 15) is 27.6 Å². The summed E-state index contributed by atoms with van der Waals surface area (Å²) in [6, 6.07) is -1.02. The lowest BCUT2D eigenvalue weighted by molar-refractivity contribution is -0.145. The molecule has 0 fully saturated rings. The number of carbonyl (C=O) groups is 1. The number of halogens is 3. The van der Waals surface area contributed by atoms with Crippen LogP contribution >= 0.6 is 0 Å². The molecule has 1 unspecified atom stereocenters. The summed E-state index contributed by atoms with van der Waals surface area (Å²) in [6.45, 7) is 2.76. The zero-order valence-corrected chi connectivity index (χ0v) is 20.0. The molecule has 0 saturated heterocycles. The first-order valence-corrected chi connectivity index (χ1v) is 11.0. The third kappa shape index (κ3) is 4.98. The van der Waals surface area contributed by atoms with E-state index in [1.165, 1.54) is 30.2 Å². The number of hydrogen-bond donors (Lipinski definition) is 2. The van der Waals surface area contributed by atoms with Crippen LogP contribution in [0.15, 0.2) is 45.2 Å². The minimum Gasteiger partial charge on any atom is -0.337 e. The first-order chi connectivity index (χ1) is 18.5. The quantitative estimate of drug-likeness (QED) is 0.311. The van der Waals surface area contributed by atoms with Crippen LogP contribution in [0, 0.1) is 6.92 Å². The zero-order chi connectivity index (χ0) is 27.9. The summed E-state index contributed by atoms with van der Waals surface area (Å²) in [4.78, 5) is 63.8. The van der Waals surface area contributed by atoms with E-state index in [4.69, 9.17) is 4.52 Å². The summed E-state index contributed by atoms with van der Waals surface area (Å²) >= 11 is 0. The van der Waals surface area contributed by atoms with Crippen molar-refractivity contribution in [2.75, 3.05) is 5.32 Å². The average Bonchev–Trinajstić information content (AvgIpc) is 3.51. The van der Waals surface area contributed by atoms with E-state index >= 15 is 0 Å². The maximum atomic E-state index is 13.2. The number of aromatic amines is 1. The smallest absolute Gasteiger partial charge is 0.337 e. The van der Waals surface area contributed by atoms with Crippen LogP contribution in [-0.2, 0) is 17.5 Å². The molecule has 0 aliphatic heterocycles. The number of rotatable bonds is 6. The first-order valence-electron chi connectivity index (χ1n) is 11.0. The highest BCUT2D eigenvalue weighted by atomic mass is 19.4. The van der Waals surface area contributed by atoms with Gasteiger partial charge in [-0.2, -0.15) is 18.2 Å². The van der Waals surface area contributed by atoms with Crippen LogP contribution in [0.2, 0.25) is 0 Å². The van der Waals surface area contributed by atoms with E-state index in [2.05, 4.69) is 45.4 Å². The lowest BCUT2D eigenvalue weighted by Crippen LogP contribution is -2.37. The Morgan fingerprint density at radius 1 is 1.13 bits per heavy atom. The van der Waals surface area contributed by atoms with Gasteiger partial charge in [-0.05, 0) is 13.8 Å². The van der Waals surface area contributed by atoms with Crippen LogP contribution in [0.5, 0.6) is 0 Å². The van der Waals surface area contributed by atoms with E-state index in [0.29, 0.717) is 5.82 Å². The van der Waals surface area contributed by atoms with Crippen molar-refractivity contribution in [2.45, 2.75) is 32.6 Å². The average molecular weight is 543 g/mol. The third-order valence-corrected chi connectivity index (χ3v) is 5.46. The monoisotopic (exact) mass is 543 g/mol. The van der Waals surface area contributed by atoms with Crippen molar-refractivity contribution in [1.82, 2.24) is 49.2 Å². The zero-order valence-electron chi connectivity index (χ0n) is 20.0. The Balaban J connectivity index is 1.40. The summed E-state index contributed by atoms with van der Waals surface area (Å²) in [5, 5.41) is 6.16. The topological polar surface area (TPSA) is 192 Å². The number of nitrogens with zero attached hydrogens (tertiary/aromatic N) is 9. The molecule has 15 nitrogen and oxygen atoms in total. The highest BCUT2D eigenvalue weighted by Gasteiger charge is 2.34. The Morgan fingerprint density at radius 3 is 2.54 bits per heavy atom. The van der Waals surface area contributed by atoms with Gasteiger partial charge in [0.25, 0.3) is 5.56 Å². The fourth-order valence-electron chi connectivity index (χ4n) is 3.56. The molecule has 18 heteroatoms. The molecule has 0 spiro atoms. The number of aryl methyl sites for hydroxylation is 1. The van der Waals surface area contributed by atoms with E-state index in [-0.39, 0.29) is 40.7 Å². The van der Waals surface area contributed by atoms with E-state index in [0.717, 1.165) is 17.0 Å². The summed E-state index contributed by atoms with van der Waals surface area (Å²) in [5.41, 5.74) is -1.35. The van der Waals surface area contributed by atoms with E-state index in [1.807, 2.05) is 0 Å². The molecular formula is C21H16F3N11O4. The molecule has 1 amide bonds. The van der Waals surface area contributed by atoms with Crippen molar-refractivity contribution in [3.05, 3.63) is 69.5 Å². The van der Waals surface area contributed by atoms with E-state index < -0.39 is 35.2 Å². The fourth-order valence-corrected chi connectivity index (χ4v) is 3.56. The highest BCUT2D eigenvalue weighted by molar-refractivity contribution is 5.93. The predicted molar refractivity (Wildman–Crippen MR) is 124 cm³/mol. The molecule has 0 bridgehead atoms. The Hall–Kier alpha value is -5.29. The van der Waals surface area contributed by atoms with Gasteiger partial charge in [0.15, 0.2) is 22.8 Å². The molecule has 5 heterocycles. The number of H-pyrrole nitrogens is 1. The summed E-state index contributed by atoms with van der Waals surface area (Å²) in [5.74, 6) is -1.60. The number of alkyl halides is 3. The molecule has 200 valence electrons. The van der Waals surface area contributed by atoms with Gasteiger partial charge in [-0.15, -0.1) is 0 Å². The number of nitrogens with one attached hydrogen (secondary N) is 2. The molecule has 0 aliphatic rings. The van der Waals surface area contributed by atoms with Gasteiger partial charge in [0.1, 0.15) is 12.6 Å². The van der Waals surface area contributed by atoms with Crippen LogP contribution in [-0.4, -0.2) is 55.1 Å². The Morgan fingerprint density at radius 2 is 1.87 bits per heavy atom. The number of imidazole rings is 1. The van der Waals surface area contributed by atoms with Gasteiger partial charge in [-0.1, -0.05) is 5.16 Å². The Kier molecular flexibility index (Phi) is 6.21. The van der Waals surface area contributed by atoms with Crippen molar-refractivity contribution < 1.29 is 22.5 Å². The Bertz CT molecular complexity index is 1800. The van der Waals surface area contributed by atoms with Crippen LogP contribution in [0.4, 0.5) is 19.0 Å². The predicted octanol–water partition coefficient (Wildman–Crippen LogP) is 1.09. The third-order valence-electron chi connectivity index (χ3n) is 5.46. The van der Waals surface area contributed by atoms with Crippen LogP contribution in [0.1, 0.15) is 30.5 Å². The number of aromatic nitrogens is 10. The maximum Gasteiger partial charge on any atom is 0.451 e. The van der Waals surface area contributed by atoms with Crippen LogP contribution in [0.3, 0.4) is 0 Å². The Labute approximate surface area is 213 Å². The molecule has 0 aliphatic carbocycles. The largest absolute Gasteiger partial charge is 0.451 e. The first kappa shape index (κ1) is 25.4. The van der Waals surface area contributed by atoms with Gasteiger partial charge in [-0.3, -0.25) is 19.6 Å². The molecular weight excluding hydrogens is 527 g/mol. The second-order valence-corrected chi connectivity index (χ2v) is 8.15. The number of carbonyl (C=O) groups excluding carboxylic acids is 1. The summed E-state index contributed by atoms with van der Waals surface area (Å²) in [7, 11) is 0. The van der Waals surface area contributed by atoms with Crippen LogP contribution in [0.25, 0.3) is 22.4 Å². The van der Waals surface area contributed by atoms with Crippen molar-refractivity contribution in [3.63, 3.8) is 0 Å². The minimum absolute atomic E-state index is 0.0220. The lowest BCUT2D eigenvalue weighted by Gasteiger charge is -2.14. The minimum atomic E-state index is -4.70. The van der Waals surface area contributed by atoms with E-state index in [1.54, 1.807) is 6.92 Å². The van der Waals surface area contributed by atoms with Crippen molar-refractivity contribution in [3.8, 4) is 11.3 Å². The van der Waals surface area contributed by atoms with Gasteiger partial charge >= 0.3 is 11.9 Å². The fraction of sp³-hybridized carbons (Fsp3) is 0.238. The number of fused-ring (bicyclic) bond motifs is 1. The summed E-state index contributed by atoms with van der Waals surface area (Å²) < 4.78 is 45.3. The molecule has 0 saturated carbocycles. The SMILES string of the molecule is Cc1noc(Cn2c(=O)[nH]c3ncn(C(C)C(=O)Nc4cncc(-c5cnc(C(F)(F)F)nc5)n4)c3c2=O)n1. The summed E-state index contributed by atoms with van der Waals surface area (Å²) in [6.07, 6.45) is 0.880. The molecule has 0 radical (unpaired) electrons. The molecule has 5 aromatic heterocycles. The van der Waals surface area contributed by atoms with Crippen molar-refractivity contribution in [2.24, 2.45) is 0 Å². The van der Waals surface area contributed by atoms with Gasteiger partial charge < -0.3 is 14.4 Å². The van der Waals surface area contributed by atoms with Gasteiger partial charge in [-0.25, -0.2) is 29.3 Å². The standard InChI is InChI=1S/C21H16F3N11O4/c1-9(17(36)31-13-6-25-5-12(30-13)11-3-26-19(27-4-11)21(22,23)24)35-8-28-16-15(35)18(37)34(20(38)32-16)7-14-29-10(2)33-39-14/h3-6,8-9H,7H2,1-2H3,(H,32,38)(H,30,31,36). The number of amides is 1. The van der Waals surface area contributed by atoms with Gasteiger partial charge in [0.2, 0.25) is 17.6 Å². The highest BCUT2D eigenvalue weighted by Crippen LogP contribution is 2.26. The maximum absolute atomic E-state index is 13.2. The molecule has 5 aromatic rings. The normalized spacial score (nSPS) is 12.5. The van der Waals surface area contributed by atoms with Crippen molar-refractivity contribution in [1.29, 1.82) is 0 Å². The number of anilines is 1. The molecule has 0 aromatic carbocycles. The molecule has 5 rings (SSSR count). The molecule has 2 N–H and O–H groups in total. The molecule has 1 atom stereocenters. The lowest BCUT2D eigenvalue weighted by atomic mass is 10.2. The van der Waals surface area contributed by atoms with Crippen LogP contribution < -0.4 is 16.6 Å². The van der Waals surface area contributed by atoms with Gasteiger partial charge in [0, 0.05) is 18.0 Å². The molecule has 39 heavy (non-hydrogen) atoms. The number of hydrogen-bond acceptors (Lipinski definition) is 11. The van der Waals surface area contributed by atoms with Gasteiger partial charge in [0.05, 0.1) is 24.4 Å². The second kappa shape index (κ2) is 9.54.